The number of nitrogens with zero attached hydrogens (tertiary/aromatic N) is 2. The lowest BCUT2D eigenvalue weighted by atomic mass is 10.0. The fourth-order valence-electron chi connectivity index (χ4n) is 3.95. The third kappa shape index (κ3) is 3.52. The molecule has 26 heavy (non-hydrogen) atoms. The summed E-state index contributed by atoms with van der Waals surface area (Å²) in [4.78, 5) is 19.0. The van der Waals surface area contributed by atoms with Gasteiger partial charge in [0.2, 0.25) is 5.91 Å². The van der Waals surface area contributed by atoms with E-state index in [2.05, 4.69) is 16.4 Å². The number of likely N-dealkylation sites (tertiary alicyclic amines) is 1. The molecule has 2 fully saturated rings. The van der Waals surface area contributed by atoms with Gasteiger partial charge in [0.05, 0.1) is 12.8 Å². The molecular weight excluding hydrogens is 326 g/mol. The van der Waals surface area contributed by atoms with E-state index in [1.165, 1.54) is 5.56 Å². The van der Waals surface area contributed by atoms with E-state index >= 15 is 0 Å². The molecule has 1 aliphatic heterocycles. The van der Waals surface area contributed by atoms with Crippen LogP contribution in [0.15, 0.2) is 48.8 Å². The number of carbonyl (C=O) groups excluding carboxylic acids is 1. The van der Waals surface area contributed by atoms with E-state index in [-0.39, 0.29) is 5.92 Å². The van der Waals surface area contributed by atoms with E-state index < -0.39 is 0 Å². The maximum atomic E-state index is 12.9. The Morgan fingerprint density at radius 2 is 2.00 bits per heavy atom. The number of anilines is 1. The number of amides is 1. The summed E-state index contributed by atoms with van der Waals surface area (Å²) in [5.41, 5.74) is 2.22. The predicted octanol–water partition coefficient (Wildman–Crippen LogP) is 3.30. The van der Waals surface area contributed by atoms with Crippen LogP contribution in [0, 0.1) is 5.92 Å². The molecule has 1 amide bonds. The van der Waals surface area contributed by atoms with Crippen molar-refractivity contribution in [3.05, 3.63) is 54.4 Å². The van der Waals surface area contributed by atoms with Crippen molar-refractivity contribution in [3.8, 4) is 5.75 Å². The zero-order valence-corrected chi connectivity index (χ0v) is 15.1. The molecule has 0 radical (unpaired) electrons. The minimum atomic E-state index is 0.120. The zero-order chi connectivity index (χ0) is 17.9. The highest BCUT2D eigenvalue weighted by Crippen LogP contribution is 2.51. The standard InChI is InChI=1S/C21H25N3O2/c1-26-20-7-3-2-6-17(20)18-13-19(18)21(25)24-11-8-15(9-12-24)23-16-5-4-10-22-14-16/h2-7,10,14-15,18-19,23H,8-9,11-13H2,1H3/t18-,19+/m0/s1. The molecule has 1 aliphatic carbocycles. The Labute approximate surface area is 154 Å². The molecule has 136 valence electrons. The molecule has 4 rings (SSSR count). The van der Waals surface area contributed by atoms with Crippen LogP contribution in [0.3, 0.4) is 0 Å². The Hall–Kier alpha value is -2.56. The van der Waals surface area contributed by atoms with E-state index in [0.717, 1.165) is 43.8 Å². The van der Waals surface area contributed by atoms with Crippen molar-refractivity contribution >= 4 is 11.6 Å². The Morgan fingerprint density at radius 1 is 1.19 bits per heavy atom. The molecule has 2 atom stereocenters. The smallest absolute Gasteiger partial charge is 0.226 e. The Bertz CT molecular complexity index is 757. The van der Waals surface area contributed by atoms with Gasteiger partial charge in [0.25, 0.3) is 0 Å². The zero-order valence-electron chi connectivity index (χ0n) is 15.1. The molecule has 2 aromatic rings. The topological polar surface area (TPSA) is 54.5 Å². The predicted molar refractivity (Wildman–Crippen MR) is 101 cm³/mol. The second kappa shape index (κ2) is 7.36. The van der Waals surface area contributed by atoms with Gasteiger partial charge in [-0.05, 0) is 48.9 Å². The normalized spacial score (nSPS) is 22.7. The Morgan fingerprint density at radius 3 is 2.73 bits per heavy atom. The number of para-hydroxylation sites is 1. The molecular formula is C21H25N3O2. The van der Waals surface area contributed by atoms with Crippen LogP contribution in [-0.2, 0) is 4.79 Å². The molecule has 0 unspecified atom stereocenters. The van der Waals surface area contributed by atoms with Gasteiger partial charge in [-0.1, -0.05) is 18.2 Å². The van der Waals surface area contributed by atoms with Gasteiger partial charge in [-0.3, -0.25) is 9.78 Å². The lowest BCUT2D eigenvalue weighted by molar-refractivity contribution is -0.133. The second-order valence-electron chi connectivity index (χ2n) is 7.18. The van der Waals surface area contributed by atoms with Crippen LogP contribution in [0.25, 0.3) is 0 Å². The molecule has 1 N–H and O–H groups in total. The summed E-state index contributed by atoms with van der Waals surface area (Å²) in [5.74, 6) is 1.63. The summed E-state index contributed by atoms with van der Waals surface area (Å²) in [7, 11) is 1.69. The number of hydrogen-bond acceptors (Lipinski definition) is 4. The minimum Gasteiger partial charge on any atom is -0.496 e. The fourth-order valence-corrected chi connectivity index (χ4v) is 3.95. The highest BCUT2D eigenvalue weighted by Gasteiger charge is 2.47. The summed E-state index contributed by atoms with van der Waals surface area (Å²) >= 11 is 0. The van der Waals surface area contributed by atoms with Crippen molar-refractivity contribution in [3.63, 3.8) is 0 Å². The van der Waals surface area contributed by atoms with Gasteiger partial charge >= 0.3 is 0 Å². The maximum Gasteiger partial charge on any atom is 0.226 e. The van der Waals surface area contributed by atoms with E-state index in [1.54, 1.807) is 13.3 Å². The van der Waals surface area contributed by atoms with Crippen molar-refractivity contribution in [2.24, 2.45) is 5.92 Å². The van der Waals surface area contributed by atoms with Gasteiger partial charge in [-0.25, -0.2) is 0 Å². The number of pyridine rings is 1. The lowest BCUT2D eigenvalue weighted by Crippen LogP contribution is -2.43. The number of piperidine rings is 1. The van der Waals surface area contributed by atoms with Crippen molar-refractivity contribution in [1.29, 1.82) is 0 Å². The average molecular weight is 351 g/mol. The monoisotopic (exact) mass is 351 g/mol. The molecule has 0 bridgehead atoms. The molecule has 2 aliphatic rings. The third-order valence-corrected chi connectivity index (χ3v) is 5.48. The van der Waals surface area contributed by atoms with Crippen molar-refractivity contribution < 1.29 is 9.53 Å². The van der Waals surface area contributed by atoms with Crippen LogP contribution in [0.4, 0.5) is 5.69 Å². The number of ether oxygens (including phenoxy) is 1. The van der Waals surface area contributed by atoms with Crippen molar-refractivity contribution in [2.75, 3.05) is 25.5 Å². The first-order chi connectivity index (χ1) is 12.8. The Balaban J connectivity index is 1.31. The molecule has 1 aromatic carbocycles. The Kier molecular flexibility index (Phi) is 4.78. The van der Waals surface area contributed by atoms with E-state index in [4.69, 9.17) is 4.74 Å². The number of hydrogen-bond donors (Lipinski definition) is 1. The van der Waals surface area contributed by atoms with Crippen LogP contribution in [-0.4, -0.2) is 42.0 Å². The molecule has 5 nitrogen and oxygen atoms in total. The summed E-state index contributed by atoms with van der Waals surface area (Å²) < 4.78 is 5.45. The average Bonchev–Trinajstić information content (AvgIpc) is 3.49. The first-order valence-electron chi connectivity index (χ1n) is 9.34. The first kappa shape index (κ1) is 16.9. The van der Waals surface area contributed by atoms with Crippen molar-refractivity contribution in [1.82, 2.24) is 9.88 Å². The number of carbonyl (C=O) groups is 1. The van der Waals surface area contributed by atoms with Crippen LogP contribution >= 0.6 is 0 Å². The first-order valence-corrected chi connectivity index (χ1v) is 9.34. The summed E-state index contributed by atoms with van der Waals surface area (Å²) in [6, 6.07) is 12.4. The van der Waals surface area contributed by atoms with Gasteiger partial charge in [0.15, 0.2) is 0 Å². The van der Waals surface area contributed by atoms with Gasteiger partial charge in [0.1, 0.15) is 5.75 Å². The van der Waals surface area contributed by atoms with Crippen LogP contribution < -0.4 is 10.1 Å². The number of nitrogens with one attached hydrogen (secondary N) is 1. The van der Waals surface area contributed by atoms with E-state index in [1.807, 2.05) is 41.4 Å². The van der Waals surface area contributed by atoms with Gasteiger partial charge in [-0.15, -0.1) is 0 Å². The second-order valence-corrected chi connectivity index (χ2v) is 7.18. The summed E-state index contributed by atoms with van der Waals surface area (Å²) in [5, 5.41) is 3.52. The van der Waals surface area contributed by atoms with Gasteiger partial charge < -0.3 is 15.0 Å². The van der Waals surface area contributed by atoms with Crippen LogP contribution in [0.2, 0.25) is 0 Å². The number of rotatable bonds is 5. The maximum absolute atomic E-state index is 12.9. The van der Waals surface area contributed by atoms with Gasteiger partial charge in [-0.2, -0.15) is 0 Å². The minimum absolute atomic E-state index is 0.120. The lowest BCUT2D eigenvalue weighted by Gasteiger charge is -2.33. The summed E-state index contributed by atoms with van der Waals surface area (Å²) in [6.07, 6.45) is 6.52. The number of aromatic nitrogens is 1. The molecule has 2 heterocycles. The molecule has 5 heteroatoms. The van der Waals surface area contributed by atoms with Crippen LogP contribution in [0.5, 0.6) is 5.75 Å². The molecule has 1 aromatic heterocycles. The highest BCUT2D eigenvalue weighted by atomic mass is 16.5. The SMILES string of the molecule is COc1ccccc1[C@@H]1C[C@H]1C(=O)N1CCC(Nc2cccnc2)CC1. The molecule has 1 saturated carbocycles. The van der Waals surface area contributed by atoms with Crippen molar-refractivity contribution in [2.45, 2.75) is 31.2 Å². The van der Waals surface area contributed by atoms with Gasteiger partial charge in [0, 0.05) is 37.4 Å². The highest BCUT2D eigenvalue weighted by molar-refractivity contribution is 5.83. The fraction of sp³-hybridized carbons (Fsp3) is 0.429. The largest absolute Gasteiger partial charge is 0.496 e. The van der Waals surface area contributed by atoms with E-state index in [0.29, 0.717) is 17.9 Å². The molecule has 1 saturated heterocycles. The van der Waals surface area contributed by atoms with Crippen LogP contribution in [0.1, 0.15) is 30.7 Å². The quantitative estimate of drug-likeness (QED) is 0.898. The number of methoxy groups -OCH3 is 1. The summed E-state index contributed by atoms with van der Waals surface area (Å²) in [6.45, 7) is 1.65. The molecule has 0 spiro atoms. The van der Waals surface area contributed by atoms with E-state index in [9.17, 15) is 4.79 Å². The number of benzene rings is 1. The third-order valence-electron chi connectivity index (χ3n) is 5.48.